The Hall–Kier alpha value is -2.74. The monoisotopic (exact) mass is 442 g/mol. The summed E-state index contributed by atoms with van der Waals surface area (Å²) in [6, 6.07) is 3.14. The maximum atomic E-state index is 15.0. The molecule has 0 atom stereocenters. The van der Waals surface area contributed by atoms with E-state index in [0.717, 1.165) is 65.0 Å². The number of halogens is 1. The summed E-state index contributed by atoms with van der Waals surface area (Å²) in [5.41, 5.74) is 0.191. The van der Waals surface area contributed by atoms with E-state index in [4.69, 9.17) is 0 Å². The Morgan fingerprint density at radius 3 is 2.50 bits per heavy atom. The lowest BCUT2D eigenvalue weighted by atomic mass is 10.1. The van der Waals surface area contributed by atoms with Gasteiger partial charge in [0, 0.05) is 50.3 Å². The van der Waals surface area contributed by atoms with Crippen molar-refractivity contribution in [2.24, 2.45) is 4.99 Å². The van der Waals surface area contributed by atoms with Crippen LogP contribution in [-0.2, 0) is 0 Å². The molecule has 0 amide bonds. The van der Waals surface area contributed by atoms with Crippen LogP contribution < -0.4 is 10.3 Å². The Bertz CT molecular complexity index is 1060. The minimum atomic E-state index is -1.27. The van der Waals surface area contributed by atoms with Gasteiger partial charge in [0.2, 0.25) is 5.43 Å². The van der Waals surface area contributed by atoms with Gasteiger partial charge in [-0.15, -0.1) is 0 Å². The average molecular weight is 443 g/mol. The number of aromatic nitrogens is 1. The van der Waals surface area contributed by atoms with Crippen molar-refractivity contribution in [3.63, 3.8) is 0 Å². The molecule has 0 spiro atoms. The molecule has 172 valence electrons. The van der Waals surface area contributed by atoms with Crippen LogP contribution in [0.4, 0.5) is 10.1 Å². The lowest BCUT2D eigenvalue weighted by Crippen LogP contribution is -2.47. The standard InChI is InChI=1S/C24H31FN4O3/c1-26-8-4-2-3-5-9-27-10-12-28(13-11-27)22-15-21-18(14-20(22)25)23(30)19(24(31)32)16-29(21)17-6-7-17/h14-17H,1-13H2,(H,31,32). The molecular formula is C24H31FN4O3. The van der Waals surface area contributed by atoms with Gasteiger partial charge in [0.25, 0.3) is 0 Å². The highest BCUT2D eigenvalue weighted by Crippen LogP contribution is 2.38. The molecule has 1 aliphatic carbocycles. The van der Waals surface area contributed by atoms with E-state index in [2.05, 4.69) is 16.6 Å². The smallest absolute Gasteiger partial charge is 0.341 e. The molecule has 1 N–H and O–H groups in total. The number of aromatic carboxylic acids is 1. The zero-order valence-corrected chi connectivity index (χ0v) is 18.4. The molecule has 2 aromatic rings. The molecule has 32 heavy (non-hydrogen) atoms. The number of pyridine rings is 1. The van der Waals surface area contributed by atoms with Crippen LogP contribution in [-0.4, -0.2) is 66.5 Å². The Balaban J connectivity index is 1.47. The highest BCUT2D eigenvalue weighted by atomic mass is 19.1. The highest BCUT2D eigenvalue weighted by molar-refractivity contribution is 5.93. The summed E-state index contributed by atoms with van der Waals surface area (Å²) < 4.78 is 16.9. The molecule has 2 heterocycles. The fraction of sp³-hybridized carbons (Fsp3) is 0.542. The van der Waals surface area contributed by atoms with Gasteiger partial charge in [-0.1, -0.05) is 12.8 Å². The number of carboxylic acid groups (broad SMARTS) is 1. The summed E-state index contributed by atoms with van der Waals surface area (Å²) in [7, 11) is 0. The fourth-order valence-electron chi connectivity index (χ4n) is 4.53. The number of fused-ring (bicyclic) bond motifs is 1. The van der Waals surface area contributed by atoms with Gasteiger partial charge in [0.05, 0.1) is 11.2 Å². The number of rotatable bonds is 10. The number of piperazine rings is 1. The molecule has 0 radical (unpaired) electrons. The predicted octanol–water partition coefficient (Wildman–Crippen LogP) is 3.56. The molecule has 1 aliphatic heterocycles. The van der Waals surface area contributed by atoms with Crippen LogP contribution in [0.3, 0.4) is 0 Å². The third-order valence-corrected chi connectivity index (χ3v) is 6.52. The van der Waals surface area contributed by atoms with E-state index in [-0.39, 0.29) is 17.0 Å². The quantitative estimate of drug-likeness (QED) is 0.450. The minimum Gasteiger partial charge on any atom is -0.477 e. The van der Waals surface area contributed by atoms with Crippen molar-refractivity contribution < 1.29 is 14.3 Å². The summed E-state index contributed by atoms with van der Waals surface area (Å²) in [6.45, 7) is 8.59. The fourth-order valence-corrected chi connectivity index (χ4v) is 4.53. The number of carboxylic acids is 1. The minimum absolute atomic E-state index is 0.142. The maximum Gasteiger partial charge on any atom is 0.341 e. The maximum absolute atomic E-state index is 15.0. The van der Waals surface area contributed by atoms with Gasteiger partial charge in [-0.3, -0.25) is 9.69 Å². The molecule has 4 rings (SSSR count). The lowest BCUT2D eigenvalue weighted by molar-refractivity contribution is 0.0695. The van der Waals surface area contributed by atoms with Crippen LogP contribution >= 0.6 is 0 Å². The van der Waals surface area contributed by atoms with Crippen molar-refractivity contribution in [3.8, 4) is 0 Å². The number of aliphatic imine (C=N–C) groups is 1. The Morgan fingerprint density at radius 1 is 1.12 bits per heavy atom. The normalized spacial score (nSPS) is 17.1. The van der Waals surface area contributed by atoms with Crippen molar-refractivity contribution >= 4 is 29.3 Å². The van der Waals surface area contributed by atoms with Gasteiger partial charge in [0.15, 0.2) is 0 Å². The van der Waals surface area contributed by atoms with E-state index in [1.54, 1.807) is 6.07 Å². The molecule has 0 unspecified atom stereocenters. The van der Waals surface area contributed by atoms with Crippen molar-refractivity contribution in [1.82, 2.24) is 9.47 Å². The number of nitrogens with zero attached hydrogens (tertiary/aromatic N) is 4. The first-order valence-corrected chi connectivity index (χ1v) is 11.5. The second kappa shape index (κ2) is 9.81. The number of anilines is 1. The van der Waals surface area contributed by atoms with E-state index in [1.165, 1.54) is 25.1 Å². The van der Waals surface area contributed by atoms with Crippen LogP contribution in [0.25, 0.3) is 10.9 Å². The summed E-state index contributed by atoms with van der Waals surface area (Å²) in [5, 5.41) is 9.54. The Labute approximate surface area is 187 Å². The molecule has 2 aliphatic rings. The molecule has 7 nitrogen and oxygen atoms in total. The van der Waals surface area contributed by atoms with E-state index in [0.29, 0.717) is 11.2 Å². The van der Waals surface area contributed by atoms with Crippen LogP contribution in [0.2, 0.25) is 0 Å². The van der Waals surface area contributed by atoms with E-state index >= 15 is 4.39 Å². The number of benzene rings is 1. The second-order valence-electron chi connectivity index (χ2n) is 8.83. The zero-order chi connectivity index (χ0) is 22.7. The lowest BCUT2D eigenvalue weighted by Gasteiger charge is -2.36. The molecule has 8 heteroatoms. The first-order valence-electron chi connectivity index (χ1n) is 11.5. The van der Waals surface area contributed by atoms with Gasteiger partial charge < -0.3 is 19.6 Å². The summed E-state index contributed by atoms with van der Waals surface area (Å²) >= 11 is 0. The number of hydrogen-bond donors (Lipinski definition) is 1. The molecule has 0 bridgehead atoms. The van der Waals surface area contributed by atoms with Gasteiger partial charge in [0.1, 0.15) is 11.4 Å². The van der Waals surface area contributed by atoms with Crippen LogP contribution in [0, 0.1) is 5.82 Å². The largest absolute Gasteiger partial charge is 0.477 e. The first kappa shape index (κ1) is 22.5. The van der Waals surface area contributed by atoms with E-state index < -0.39 is 17.2 Å². The molecule has 1 aromatic carbocycles. The topological polar surface area (TPSA) is 78.1 Å². The van der Waals surface area contributed by atoms with Crippen LogP contribution in [0.5, 0.6) is 0 Å². The van der Waals surface area contributed by atoms with Gasteiger partial charge in [-0.2, -0.15) is 0 Å². The second-order valence-corrected chi connectivity index (χ2v) is 8.83. The number of carbonyl (C=O) groups is 1. The van der Waals surface area contributed by atoms with E-state index in [9.17, 15) is 14.7 Å². The van der Waals surface area contributed by atoms with Crippen molar-refractivity contribution in [1.29, 1.82) is 0 Å². The van der Waals surface area contributed by atoms with Gasteiger partial charge in [-0.05, 0) is 51.1 Å². The van der Waals surface area contributed by atoms with Crippen molar-refractivity contribution in [3.05, 3.63) is 39.9 Å². The molecule has 1 saturated carbocycles. The Morgan fingerprint density at radius 2 is 1.84 bits per heavy atom. The summed E-state index contributed by atoms with van der Waals surface area (Å²) in [5.74, 6) is -1.74. The first-order chi connectivity index (χ1) is 15.5. The number of hydrogen-bond acceptors (Lipinski definition) is 5. The molecule has 1 saturated heterocycles. The van der Waals surface area contributed by atoms with Crippen LogP contribution in [0.15, 0.2) is 28.1 Å². The van der Waals surface area contributed by atoms with E-state index in [1.807, 2.05) is 9.47 Å². The summed E-state index contributed by atoms with van der Waals surface area (Å²) in [6.07, 6.45) is 7.91. The SMILES string of the molecule is C=NCCCCCCN1CCN(c2cc3c(cc2F)c(=O)c(C(=O)O)cn3C2CC2)CC1. The third-order valence-electron chi connectivity index (χ3n) is 6.52. The molecule has 1 aromatic heterocycles. The Kier molecular flexibility index (Phi) is 6.89. The average Bonchev–Trinajstić information content (AvgIpc) is 3.62. The third kappa shape index (κ3) is 4.85. The number of unbranched alkanes of at least 4 members (excludes halogenated alkanes) is 3. The predicted molar refractivity (Wildman–Crippen MR) is 125 cm³/mol. The van der Waals surface area contributed by atoms with Gasteiger partial charge >= 0.3 is 5.97 Å². The zero-order valence-electron chi connectivity index (χ0n) is 18.4. The van der Waals surface area contributed by atoms with Crippen molar-refractivity contribution in [2.75, 3.05) is 44.2 Å². The highest BCUT2D eigenvalue weighted by Gasteiger charge is 2.28. The molecule has 2 fully saturated rings. The van der Waals surface area contributed by atoms with Crippen molar-refractivity contribution in [2.45, 2.75) is 44.6 Å². The molecular weight excluding hydrogens is 411 g/mol. The van der Waals surface area contributed by atoms with Crippen LogP contribution in [0.1, 0.15) is 54.9 Å². The van der Waals surface area contributed by atoms with Gasteiger partial charge in [-0.25, -0.2) is 9.18 Å². The summed E-state index contributed by atoms with van der Waals surface area (Å²) in [4.78, 5) is 32.5.